The fourth-order valence-electron chi connectivity index (χ4n) is 3.00. The van der Waals surface area contributed by atoms with Crippen molar-refractivity contribution in [3.63, 3.8) is 0 Å². The van der Waals surface area contributed by atoms with Crippen LogP contribution in [0, 0.1) is 5.92 Å². The average molecular weight is 225 g/mol. The van der Waals surface area contributed by atoms with Gasteiger partial charge in [-0.1, -0.05) is 6.92 Å². The average Bonchev–Trinajstić information content (AvgIpc) is 2.22. The van der Waals surface area contributed by atoms with E-state index in [9.17, 15) is 0 Å². The van der Waals surface area contributed by atoms with Gasteiger partial charge in [-0.2, -0.15) is 0 Å². The molecule has 94 valence electrons. The van der Waals surface area contributed by atoms with Crippen molar-refractivity contribution >= 4 is 0 Å². The van der Waals surface area contributed by atoms with Gasteiger partial charge in [-0.25, -0.2) is 0 Å². The maximum absolute atomic E-state index is 3.57. The minimum Gasteiger partial charge on any atom is -0.315 e. The zero-order chi connectivity index (χ0) is 11.8. The molecule has 2 atom stereocenters. The molecule has 0 aliphatic carbocycles. The number of nitrogens with zero attached hydrogens (tertiary/aromatic N) is 2. The van der Waals surface area contributed by atoms with E-state index in [0.717, 1.165) is 12.0 Å². The van der Waals surface area contributed by atoms with Crippen LogP contribution in [0.15, 0.2) is 0 Å². The van der Waals surface area contributed by atoms with E-state index in [2.05, 4.69) is 42.9 Å². The summed E-state index contributed by atoms with van der Waals surface area (Å²) < 4.78 is 0. The van der Waals surface area contributed by atoms with Gasteiger partial charge in [0.1, 0.15) is 0 Å². The number of hydrogen-bond donors (Lipinski definition) is 1. The Balaban J connectivity index is 1.95. The van der Waals surface area contributed by atoms with Gasteiger partial charge in [-0.15, -0.1) is 0 Å². The fraction of sp³-hybridized carbons (Fsp3) is 1.00. The molecule has 0 amide bonds. The van der Waals surface area contributed by atoms with E-state index < -0.39 is 0 Å². The van der Waals surface area contributed by atoms with Gasteiger partial charge in [-0.05, 0) is 39.8 Å². The summed E-state index contributed by atoms with van der Waals surface area (Å²) in [6, 6.07) is 0.761. The summed E-state index contributed by atoms with van der Waals surface area (Å²) in [6.07, 6.45) is 1.37. The lowest BCUT2D eigenvalue weighted by molar-refractivity contribution is 0.00677. The van der Waals surface area contributed by atoms with E-state index in [0.29, 0.717) is 5.54 Å². The van der Waals surface area contributed by atoms with Gasteiger partial charge in [0.2, 0.25) is 0 Å². The first kappa shape index (κ1) is 12.3. The van der Waals surface area contributed by atoms with Gasteiger partial charge in [0.25, 0.3) is 0 Å². The van der Waals surface area contributed by atoms with Crippen molar-refractivity contribution in [2.75, 3.05) is 39.8 Å². The van der Waals surface area contributed by atoms with Crippen molar-refractivity contribution in [2.45, 2.75) is 38.8 Å². The van der Waals surface area contributed by atoms with Crippen LogP contribution in [-0.4, -0.2) is 61.2 Å². The summed E-state index contributed by atoms with van der Waals surface area (Å²) in [7, 11) is 2.25. The lowest BCUT2D eigenvalue weighted by atomic mass is 9.92. The van der Waals surface area contributed by atoms with E-state index >= 15 is 0 Å². The molecule has 2 saturated heterocycles. The third kappa shape index (κ3) is 2.58. The second kappa shape index (κ2) is 4.63. The topological polar surface area (TPSA) is 18.5 Å². The van der Waals surface area contributed by atoms with E-state index in [-0.39, 0.29) is 0 Å². The molecule has 2 aliphatic heterocycles. The molecule has 0 radical (unpaired) electrons. The van der Waals surface area contributed by atoms with Crippen LogP contribution in [0.4, 0.5) is 0 Å². The fourth-order valence-corrected chi connectivity index (χ4v) is 3.00. The molecule has 2 heterocycles. The number of rotatable bonds is 1. The maximum Gasteiger partial charge on any atom is 0.0277 e. The van der Waals surface area contributed by atoms with Crippen LogP contribution in [0.1, 0.15) is 27.2 Å². The van der Waals surface area contributed by atoms with Crippen molar-refractivity contribution in [1.29, 1.82) is 0 Å². The lowest BCUT2D eigenvalue weighted by Crippen LogP contribution is -2.62. The molecule has 1 N–H and O–H groups in total. The van der Waals surface area contributed by atoms with Crippen LogP contribution in [0.5, 0.6) is 0 Å². The SMILES string of the molecule is CC1CNCC(N2CCN(C)C(C)(C)C2)C1. The first-order valence-electron chi connectivity index (χ1n) is 6.65. The molecule has 0 bridgehead atoms. The van der Waals surface area contributed by atoms with Crippen LogP contribution in [-0.2, 0) is 0 Å². The summed E-state index contributed by atoms with van der Waals surface area (Å²) in [5.41, 5.74) is 0.332. The molecule has 0 aromatic carbocycles. The summed E-state index contributed by atoms with van der Waals surface area (Å²) >= 11 is 0. The molecular weight excluding hydrogens is 198 g/mol. The van der Waals surface area contributed by atoms with Crippen LogP contribution >= 0.6 is 0 Å². The molecule has 3 heteroatoms. The first-order chi connectivity index (χ1) is 7.49. The van der Waals surface area contributed by atoms with Crippen molar-refractivity contribution in [3.8, 4) is 0 Å². The van der Waals surface area contributed by atoms with Crippen molar-refractivity contribution in [2.24, 2.45) is 5.92 Å². The third-order valence-corrected chi connectivity index (χ3v) is 4.41. The highest BCUT2D eigenvalue weighted by atomic mass is 15.3. The number of piperazine rings is 1. The Hall–Kier alpha value is -0.120. The molecule has 2 rings (SSSR count). The van der Waals surface area contributed by atoms with Gasteiger partial charge in [0.15, 0.2) is 0 Å². The highest BCUT2D eigenvalue weighted by Gasteiger charge is 2.35. The molecule has 0 aromatic heterocycles. The Morgan fingerprint density at radius 3 is 2.56 bits per heavy atom. The van der Waals surface area contributed by atoms with Crippen LogP contribution < -0.4 is 5.32 Å². The van der Waals surface area contributed by atoms with Gasteiger partial charge in [0.05, 0.1) is 0 Å². The largest absolute Gasteiger partial charge is 0.315 e. The van der Waals surface area contributed by atoms with Gasteiger partial charge >= 0.3 is 0 Å². The molecule has 16 heavy (non-hydrogen) atoms. The Bertz CT molecular complexity index is 239. The number of nitrogens with one attached hydrogen (secondary N) is 1. The molecule has 0 aromatic rings. The number of piperidine rings is 1. The highest BCUT2D eigenvalue weighted by Crippen LogP contribution is 2.23. The zero-order valence-corrected chi connectivity index (χ0v) is 11.3. The Kier molecular flexibility index (Phi) is 3.57. The second-order valence-corrected chi connectivity index (χ2v) is 6.36. The summed E-state index contributed by atoms with van der Waals surface area (Å²) in [5.74, 6) is 0.835. The minimum atomic E-state index is 0.332. The summed E-state index contributed by atoms with van der Waals surface area (Å²) in [6.45, 7) is 13.1. The molecule has 0 saturated carbocycles. The van der Waals surface area contributed by atoms with E-state index in [1.54, 1.807) is 0 Å². The van der Waals surface area contributed by atoms with Crippen LogP contribution in [0.25, 0.3) is 0 Å². The second-order valence-electron chi connectivity index (χ2n) is 6.36. The van der Waals surface area contributed by atoms with Gasteiger partial charge in [0, 0.05) is 37.8 Å². The van der Waals surface area contributed by atoms with Crippen LogP contribution in [0.3, 0.4) is 0 Å². The molecular formula is C13H27N3. The van der Waals surface area contributed by atoms with Crippen molar-refractivity contribution < 1.29 is 0 Å². The Labute approximate surface area is 100 Å². The van der Waals surface area contributed by atoms with Crippen molar-refractivity contribution in [3.05, 3.63) is 0 Å². The number of hydrogen-bond acceptors (Lipinski definition) is 3. The van der Waals surface area contributed by atoms with E-state index in [1.165, 1.54) is 39.1 Å². The Morgan fingerprint density at radius 2 is 1.94 bits per heavy atom. The molecule has 2 fully saturated rings. The summed E-state index contributed by atoms with van der Waals surface area (Å²) in [5, 5.41) is 3.57. The standard InChI is InChI=1S/C13H27N3/c1-11-7-12(9-14-8-11)16-6-5-15(4)13(2,3)10-16/h11-12,14H,5-10H2,1-4H3. The van der Waals surface area contributed by atoms with Crippen LogP contribution in [0.2, 0.25) is 0 Å². The first-order valence-corrected chi connectivity index (χ1v) is 6.65. The molecule has 3 nitrogen and oxygen atoms in total. The van der Waals surface area contributed by atoms with E-state index in [1.807, 2.05) is 0 Å². The molecule has 2 aliphatic rings. The number of likely N-dealkylation sites (N-methyl/N-ethyl adjacent to an activating group) is 1. The highest BCUT2D eigenvalue weighted by molar-refractivity contribution is 4.92. The smallest absolute Gasteiger partial charge is 0.0277 e. The monoisotopic (exact) mass is 225 g/mol. The summed E-state index contributed by atoms with van der Waals surface area (Å²) in [4.78, 5) is 5.19. The molecule has 2 unspecified atom stereocenters. The van der Waals surface area contributed by atoms with Gasteiger partial charge in [-0.3, -0.25) is 9.80 Å². The van der Waals surface area contributed by atoms with Gasteiger partial charge < -0.3 is 5.32 Å². The quantitative estimate of drug-likeness (QED) is 0.718. The predicted octanol–water partition coefficient (Wildman–Crippen LogP) is 1.01. The Morgan fingerprint density at radius 1 is 1.19 bits per heavy atom. The minimum absolute atomic E-state index is 0.332. The third-order valence-electron chi connectivity index (χ3n) is 4.41. The normalized spacial score (nSPS) is 37.5. The zero-order valence-electron chi connectivity index (χ0n) is 11.3. The van der Waals surface area contributed by atoms with Crippen molar-refractivity contribution in [1.82, 2.24) is 15.1 Å². The lowest BCUT2D eigenvalue weighted by Gasteiger charge is -2.49. The molecule has 0 spiro atoms. The predicted molar refractivity (Wildman–Crippen MR) is 68.7 cm³/mol. The van der Waals surface area contributed by atoms with E-state index in [4.69, 9.17) is 0 Å². The maximum atomic E-state index is 3.57.